The zero-order valence-electron chi connectivity index (χ0n) is 19.1. The molecule has 1 saturated heterocycles. The highest BCUT2D eigenvalue weighted by atomic mass is 16.2. The molecule has 1 amide bonds. The van der Waals surface area contributed by atoms with Gasteiger partial charge in [0, 0.05) is 49.9 Å². The third kappa shape index (κ3) is 4.36. The van der Waals surface area contributed by atoms with Crippen LogP contribution < -0.4 is 20.8 Å². The van der Waals surface area contributed by atoms with Gasteiger partial charge in [0.2, 0.25) is 11.6 Å². The summed E-state index contributed by atoms with van der Waals surface area (Å²) in [5.74, 6) is 0.354. The van der Waals surface area contributed by atoms with Crippen LogP contribution >= 0.6 is 0 Å². The summed E-state index contributed by atoms with van der Waals surface area (Å²) in [5, 5.41) is 7.32. The van der Waals surface area contributed by atoms with Crippen LogP contribution in [0.4, 0.5) is 17.2 Å². The lowest BCUT2D eigenvalue weighted by molar-refractivity contribution is -0.117. The predicted octanol–water partition coefficient (Wildman–Crippen LogP) is 2.42. The van der Waals surface area contributed by atoms with Gasteiger partial charge < -0.3 is 15.1 Å². The highest BCUT2D eigenvalue weighted by Crippen LogP contribution is 2.21. The van der Waals surface area contributed by atoms with Crippen LogP contribution in [0.2, 0.25) is 0 Å². The number of carbonyl (C=O) groups is 1. The Kier molecular flexibility index (Phi) is 5.99. The van der Waals surface area contributed by atoms with Crippen molar-refractivity contribution < 1.29 is 4.79 Å². The Morgan fingerprint density at radius 1 is 1.00 bits per heavy atom. The number of anilines is 3. The molecule has 2 aromatic carbocycles. The molecule has 1 aliphatic rings. The molecular weight excluding hydrogens is 430 g/mol. The average molecular weight is 458 g/mol. The lowest BCUT2D eigenvalue weighted by atomic mass is 10.1. The predicted molar refractivity (Wildman–Crippen MR) is 133 cm³/mol. The van der Waals surface area contributed by atoms with Crippen LogP contribution in [0.5, 0.6) is 0 Å². The molecule has 1 N–H and O–H groups in total. The summed E-state index contributed by atoms with van der Waals surface area (Å²) >= 11 is 0. The number of piperazine rings is 1. The first-order valence-corrected chi connectivity index (χ1v) is 11.5. The monoisotopic (exact) mass is 457 g/mol. The summed E-state index contributed by atoms with van der Waals surface area (Å²) in [4.78, 5) is 34.5. The van der Waals surface area contributed by atoms with E-state index in [9.17, 15) is 9.59 Å². The summed E-state index contributed by atoms with van der Waals surface area (Å²) < 4.78 is 2.65. The highest BCUT2D eigenvalue weighted by molar-refractivity contribution is 5.90. The normalized spacial score (nSPS) is 13.9. The number of nitrogens with one attached hydrogen (secondary N) is 1. The molecular formula is C25H27N7O2. The molecule has 0 unspecified atom stereocenters. The first-order valence-electron chi connectivity index (χ1n) is 11.5. The number of fused-ring (bicyclic) bond motifs is 1. The number of para-hydroxylation sites is 1. The molecule has 3 heterocycles. The lowest BCUT2D eigenvalue weighted by Crippen LogP contribution is -2.47. The number of nitrogens with zero attached hydrogens (tertiary/aromatic N) is 6. The van der Waals surface area contributed by atoms with Crippen LogP contribution in [0, 0.1) is 0 Å². The molecule has 0 bridgehead atoms. The maximum Gasteiger partial charge on any atom is 0.350 e. The van der Waals surface area contributed by atoms with Crippen LogP contribution in [0.15, 0.2) is 71.8 Å². The Hall–Kier alpha value is -4.14. The van der Waals surface area contributed by atoms with Gasteiger partial charge in [0.05, 0.1) is 0 Å². The van der Waals surface area contributed by atoms with Gasteiger partial charge in [-0.3, -0.25) is 4.79 Å². The molecule has 0 atom stereocenters. The fourth-order valence-corrected chi connectivity index (χ4v) is 4.28. The second-order valence-electron chi connectivity index (χ2n) is 8.30. The molecule has 174 valence electrons. The molecule has 0 spiro atoms. The summed E-state index contributed by atoms with van der Waals surface area (Å²) in [6, 6.07) is 18.0. The molecule has 4 aromatic rings. The minimum atomic E-state index is -0.362. The van der Waals surface area contributed by atoms with Crippen molar-refractivity contribution in [2.75, 3.05) is 41.3 Å². The molecule has 2 aromatic heterocycles. The average Bonchev–Trinajstić information content (AvgIpc) is 3.19. The number of aryl methyl sites for hydroxylation is 1. The molecule has 0 aliphatic carbocycles. The smallest absolute Gasteiger partial charge is 0.350 e. The Labute approximate surface area is 197 Å². The zero-order valence-corrected chi connectivity index (χ0v) is 19.1. The van der Waals surface area contributed by atoms with Gasteiger partial charge >= 0.3 is 5.69 Å². The van der Waals surface area contributed by atoms with Crippen molar-refractivity contribution in [3.63, 3.8) is 0 Å². The van der Waals surface area contributed by atoms with E-state index in [4.69, 9.17) is 0 Å². The first-order chi connectivity index (χ1) is 16.6. The van der Waals surface area contributed by atoms with E-state index in [1.807, 2.05) is 42.5 Å². The second-order valence-corrected chi connectivity index (χ2v) is 8.30. The van der Waals surface area contributed by atoms with Crippen LogP contribution in [0.1, 0.15) is 12.5 Å². The zero-order chi connectivity index (χ0) is 23.5. The fourth-order valence-electron chi connectivity index (χ4n) is 4.28. The van der Waals surface area contributed by atoms with Crippen molar-refractivity contribution in [2.45, 2.75) is 19.9 Å². The van der Waals surface area contributed by atoms with E-state index < -0.39 is 0 Å². The van der Waals surface area contributed by atoms with E-state index in [-0.39, 0.29) is 18.1 Å². The molecule has 1 fully saturated rings. The first kappa shape index (κ1) is 21.7. The van der Waals surface area contributed by atoms with Crippen LogP contribution in [0.25, 0.3) is 5.65 Å². The largest absolute Gasteiger partial charge is 0.368 e. The molecule has 34 heavy (non-hydrogen) atoms. The van der Waals surface area contributed by atoms with Gasteiger partial charge in [0.15, 0.2) is 5.82 Å². The summed E-state index contributed by atoms with van der Waals surface area (Å²) in [7, 11) is 0. The minimum Gasteiger partial charge on any atom is -0.368 e. The Morgan fingerprint density at radius 3 is 2.53 bits per heavy atom. The van der Waals surface area contributed by atoms with E-state index in [1.54, 1.807) is 12.4 Å². The number of hydrogen-bond acceptors (Lipinski definition) is 6. The van der Waals surface area contributed by atoms with E-state index in [2.05, 4.69) is 44.3 Å². The fraction of sp³-hybridized carbons (Fsp3) is 0.280. The van der Waals surface area contributed by atoms with Crippen molar-refractivity contribution in [2.24, 2.45) is 0 Å². The molecule has 0 radical (unpaired) electrons. The van der Waals surface area contributed by atoms with E-state index in [1.165, 1.54) is 14.8 Å². The SMILES string of the molecule is CCc1cccc(NC(=O)Cn2nc3c(N4CCN(c5ccccc5)CC4)nccn3c2=O)c1. The quantitative estimate of drug-likeness (QED) is 0.479. The molecule has 5 rings (SSSR count). The van der Waals surface area contributed by atoms with Crippen molar-refractivity contribution >= 4 is 28.7 Å². The van der Waals surface area contributed by atoms with Gasteiger partial charge in [-0.1, -0.05) is 37.3 Å². The Balaban J connectivity index is 1.32. The number of carbonyl (C=O) groups excluding carboxylic acids is 1. The van der Waals surface area contributed by atoms with E-state index in [0.29, 0.717) is 17.2 Å². The lowest BCUT2D eigenvalue weighted by Gasteiger charge is -2.36. The number of rotatable bonds is 6. The third-order valence-electron chi connectivity index (χ3n) is 6.10. The van der Waals surface area contributed by atoms with Crippen molar-refractivity contribution in [3.8, 4) is 0 Å². The highest BCUT2D eigenvalue weighted by Gasteiger charge is 2.22. The number of aromatic nitrogens is 4. The van der Waals surface area contributed by atoms with E-state index in [0.717, 1.165) is 38.2 Å². The minimum absolute atomic E-state index is 0.169. The Bertz CT molecular complexity index is 1350. The van der Waals surface area contributed by atoms with Crippen molar-refractivity contribution in [1.82, 2.24) is 19.2 Å². The molecule has 9 heteroatoms. The summed E-state index contributed by atoms with van der Waals surface area (Å²) in [6.45, 7) is 5.10. The van der Waals surface area contributed by atoms with Crippen LogP contribution in [-0.4, -0.2) is 51.3 Å². The van der Waals surface area contributed by atoms with Gasteiger partial charge in [-0.05, 0) is 36.2 Å². The van der Waals surface area contributed by atoms with Crippen LogP contribution in [0.3, 0.4) is 0 Å². The van der Waals surface area contributed by atoms with Gasteiger partial charge in [-0.25, -0.2) is 18.9 Å². The van der Waals surface area contributed by atoms with Gasteiger partial charge in [0.1, 0.15) is 6.54 Å². The molecule has 9 nitrogen and oxygen atoms in total. The number of benzene rings is 2. The summed E-state index contributed by atoms with van der Waals surface area (Å²) in [6.07, 6.45) is 4.08. The Morgan fingerprint density at radius 2 is 1.76 bits per heavy atom. The second kappa shape index (κ2) is 9.38. The third-order valence-corrected chi connectivity index (χ3v) is 6.10. The van der Waals surface area contributed by atoms with Crippen molar-refractivity contribution in [1.29, 1.82) is 0 Å². The maximum atomic E-state index is 12.9. The van der Waals surface area contributed by atoms with Crippen LogP contribution in [-0.2, 0) is 17.8 Å². The van der Waals surface area contributed by atoms with Crippen molar-refractivity contribution in [3.05, 3.63) is 83.0 Å². The van der Waals surface area contributed by atoms with Gasteiger partial charge in [-0.15, -0.1) is 5.10 Å². The molecule has 0 saturated carbocycles. The summed E-state index contributed by atoms with van der Waals surface area (Å²) in [5.41, 5.74) is 3.13. The topological polar surface area (TPSA) is 87.8 Å². The number of amides is 1. The standard InChI is InChI=1S/C25H27N7O2/c1-2-19-7-6-8-20(17-19)27-22(33)18-32-25(34)31-12-11-26-23(24(31)28-32)30-15-13-29(14-16-30)21-9-4-3-5-10-21/h3-12,17H,2,13-16,18H2,1H3,(H,27,33). The molecule has 1 aliphatic heterocycles. The van der Waals surface area contributed by atoms with Gasteiger partial charge in [-0.2, -0.15) is 0 Å². The van der Waals surface area contributed by atoms with Gasteiger partial charge in [0.25, 0.3) is 0 Å². The number of hydrogen-bond donors (Lipinski definition) is 1. The van der Waals surface area contributed by atoms with E-state index >= 15 is 0 Å². The maximum absolute atomic E-state index is 12.9.